The molecule has 1 aliphatic carbocycles. The lowest BCUT2D eigenvalue weighted by Gasteiger charge is -2.04. The third-order valence-electron chi connectivity index (χ3n) is 2.67. The van der Waals surface area contributed by atoms with Crippen LogP contribution in [0.5, 0.6) is 0 Å². The number of rotatable bonds is 6. The maximum absolute atomic E-state index is 11.5. The summed E-state index contributed by atoms with van der Waals surface area (Å²) in [5.41, 5.74) is 0.660. The van der Waals surface area contributed by atoms with Gasteiger partial charge in [0.1, 0.15) is 6.29 Å². The number of benzene rings is 1. The van der Waals surface area contributed by atoms with Gasteiger partial charge in [-0.15, -0.1) is 11.8 Å². The summed E-state index contributed by atoms with van der Waals surface area (Å²) in [6, 6.07) is 7.25. The Bertz CT molecular complexity index is 398. The molecule has 90 valence electrons. The van der Waals surface area contributed by atoms with Crippen LogP contribution in [0.4, 0.5) is 0 Å². The van der Waals surface area contributed by atoms with Gasteiger partial charge >= 0.3 is 0 Å². The molecule has 0 saturated heterocycles. The highest BCUT2D eigenvalue weighted by Crippen LogP contribution is 2.27. The quantitative estimate of drug-likeness (QED) is 0.620. The Morgan fingerprint density at radius 2 is 2.06 bits per heavy atom. The van der Waals surface area contributed by atoms with E-state index in [0.717, 1.165) is 23.6 Å². The average Bonchev–Trinajstić information content (AvgIpc) is 3.18. The third kappa shape index (κ3) is 4.23. The number of amides is 1. The fraction of sp³-hybridized carbons (Fsp3) is 0.385. The van der Waals surface area contributed by atoms with Crippen molar-refractivity contribution in [2.24, 2.45) is 5.92 Å². The topological polar surface area (TPSA) is 46.2 Å². The zero-order valence-electron chi connectivity index (χ0n) is 9.52. The minimum atomic E-state index is 0.0846. The van der Waals surface area contributed by atoms with E-state index in [1.165, 1.54) is 24.6 Å². The summed E-state index contributed by atoms with van der Waals surface area (Å²) in [6.07, 6.45) is 3.32. The van der Waals surface area contributed by atoms with E-state index < -0.39 is 0 Å². The van der Waals surface area contributed by atoms with Crippen LogP contribution in [0, 0.1) is 5.92 Å². The highest BCUT2D eigenvalue weighted by atomic mass is 32.2. The van der Waals surface area contributed by atoms with Gasteiger partial charge in [-0.1, -0.05) is 12.1 Å². The molecule has 1 aromatic rings. The average molecular weight is 249 g/mol. The van der Waals surface area contributed by atoms with Gasteiger partial charge in [0.05, 0.1) is 5.75 Å². The largest absolute Gasteiger partial charge is 0.355 e. The van der Waals surface area contributed by atoms with E-state index in [9.17, 15) is 9.59 Å². The van der Waals surface area contributed by atoms with E-state index in [-0.39, 0.29) is 5.91 Å². The summed E-state index contributed by atoms with van der Waals surface area (Å²) in [7, 11) is 0. The van der Waals surface area contributed by atoms with Crippen molar-refractivity contribution in [3.05, 3.63) is 29.8 Å². The molecule has 0 aromatic heterocycles. The lowest BCUT2D eigenvalue weighted by molar-refractivity contribution is -0.118. The van der Waals surface area contributed by atoms with E-state index in [2.05, 4.69) is 5.32 Å². The molecule has 0 spiro atoms. The fourth-order valence-electron chi connectivity index (χ4n) is 1.42. The second-order valence-electron chi connectivity index (χ2n) is 4.22. The Hall–Kier alpha value is -1.29. The molecule has 3 nitrogen and oxygen atoms in total. The van der Waals surface area contributed by atoms with Crippen molar-refractivity contribution in [2.45, 2.75) is 17.7 Å². The SMILES string of the molecule is O=Cc1ccc(SCC(=O)NCC2CC2)cc1. The molecule has 0 heterocycles. The first-order valence-electron chi connectivity index (χ1n) is 5.72. The third-order valence-corrected chi connectivity index (χ3v) is 3.68. The molecule has 1 fully saturated rings. The predicted molar refractivity (Wildman–Crippen MR) is 68.3 cm³/mol. The van der Waals surface area contributed by atoms with Crippen LogP contribution in [-0.4, -0.2) is 24.5 Å². The minimum Gasteiger partial charge on any atom is -0.355 e. The molecule has 0 radical (unpaired) electrons. The molecule has 0 atom stereocenters. The van der Waals surface area contributed by atoms with Crippen molar-refractivity contribution in [1.82, 2.24) is 5.32 Å². The van der Waals surface area contributed by atoms with Crippen molar-refractivity contribution in [3.63, 3.8) is 0 Å². The van der Waals surface area contributed by atoms with Crippen molar-refractivity contribution >= 4 is 24.0 Å². The molecular weight excluding hydrogens is 234 g/mol. The van der Waals surface area contributed by atoms with Crippen LogP contribution in [0.15, 0.2) is 29.2 Å². The van der Waals surface area contributed by atoms with Crippen LogP contribution in [0.1, 0.15) is 23.2 Å². The zero-order chi connectivity index (χ0) is 12.1. The molecule has 0 aliphatic heterocycles. The molecule has 1 saturated carbocycles. The van der Waals surface area contributed by atoms with Gasteiger partial charge in [0, 0.05) is 17.0 Å². The van der Waals surface area contributed by atoms with Crippen LogP contribution in [0.25, 0.3) is 0 Å². The molecule has 1 aliphatic rings. The van der Waals surface area contributed by atoms with E-state index in [1.807, 2.05) is 12.1 Å². The van der Waals surface area contributed by atoms with Gasteiger partial charge in [0.2, 0.25) is 5.91 Å². The number of nitrogens with one attached hydrogen (secondary N) is 1. The maximum Gasteiger partial charge on any atom is 0.230 e. The molecule has 17 heavy (non-hydrogen) atoms. The molecule has 1 N–H and O–H groups in total. The first kappa shape index (κ1) is 12.2. The van der Waals surface area contributed by atoms with Crippen molar-refractivity contribution < 1.29 is 9.59 Å². The smallest absolute Gasteiger partial charge is 0.230 e. The van der Waals surface area contributed by atoms with Crippen LogP contribution in [-0.2, 0) is 4.79 Å². The predicted octanol–water partition coefficient (Wildman–Crippen LogP) is 2.12. The number of hydrogen-bond acceptors (Lipinski definition) is 3. The molecule has 0 bridgehead atoms. The molecular formula is C13H15NO2S. The lowest BCUT2D eigenvalue weighted by Crippen LogP contribution is -2.27. The Morgan fingerprint density at radius 3 is 2.65 bits per heavy atom. The van der Waals surface area contributed by atoms with Crippen LogP contribution < -0.4 is 5.32 Å². The Labute approximate surface area is 105 Å². The lowest BCUT2D eigenvalue weighted by atomic mass is 10.2. The van der Waals surface area contributed by atoms with Gasteiger partial charge in [0.15, 0.2) is 0 Å². The fourth-order valence-corrected chi connectivity index (χ4v) is 2.15. The first-order chi connectivity index (χ1) is 8.28. The van der Waals surface area contributed by atoms with Crippen LogP contribution in [0.3, 0.4) is 0 Å². The summed E-state index contributed by atoms with van der Waals surface area (Å²) in [5, 5.41) is 2.92. The summed E-state index contributed by atoms with van der Waals surface area (Å²) in [5.74, 6) is 1.24. The van der Waals surface area contributed by atoms with Crippen LogP contribution >= 0.6 is 11.8 Å². The van der Waals surface area contributed by atoms with Gasteiger partial charge in [-0.25, -0.2) is 0 Å². The number of hydrogen-bond donors (Lipinski definition) is 1. The van der Waals surface area contributed by atoms with Gasteiger partial charge < -0.3 is 5.32 Å². The molecule has 1 aromatic carbocycles. The van der Waals surface area contributed by atoms with Crippen LogP contribution in [0.2, 0.25) is 0 Å². The van der Waals surface area contributed by atoms with Gasteiger partial charge in [-0.2, -0.15) is 0 Å². The number of carbonyl (C=O) groups is 2. The second-order valence-corrected chi connectivity index (χ2v) is 5.27. The van der Waals surface area contributed by atoms with Crippen molar-refractivity contribution in [2.75, 3.05) is 12.3 Å². The first-order valence-corrected chi connectivity index (χ1v) is 6.71. The summed E-state index contributed by atoms with van der Waals surface area (Å²) >= 11 is 1.49. The number of carbonyl (C=O) groups excluding carboxylic acids is 2. The number of aldehydes is 1. The summed E-state index contributed by atoms with van der Waals surface area (Å²) < 4.78 is 0. The van der Waals surface area contributed by atoms with E-state index in [4.69, 9.17) is 0 Å². The molecule has 4 heteroatoms. The summed E-state index contributed by atoms with van der Waals surface area (Å²) in [6.45, 7) is 0.823. The monoisotopic (exact) mass is 249 g/mol. The van der Waals surface area contributed by atoms with E-state index in [0.29, 0.717) is 11.3 Å². The van der Waals surface area contributed by atoms with Gasteiger partial charge in [0.25, 0.3) is 0 Å². The zero-order valence-corrected chi connectivity index (χ0v) is 10.3. The molecule has 1 amide bonds. The van der Waals surface area contributed by atoms with Crippen molar-refractivity contribution in [1.29, 1.82) is 0 Å². The highest BCUT2D eigenvalue weighted by molar-refractivity contribution is 8.00. The highest BCUT2D eigenvalue weighted by Gasteiger charge is 2.21. The number of thioether (sulfide) groups is 1. The van der Waals surface area contributed by atoms with E-state index >= 15 is 0 Å². The van der Waals surface area contributed by atoms with Gasteiger partial charge in [-0.3, -0.25) is 9.59 Å². The molecule has 2 rings (SSSR count). The minimum absolute atomic E-state index is 0.0846. The van der Waals surface area contributed by atoms with E-state index in [1.54, 1.807) is 12.1 Å². The Morgan fingerprint density at radius 1 is 1.35 bits per heavy atom. The normalized spacial score (nSPS) is 14.4. The van der Waals surface area contributed by atoms with Crippen molar-refractivity contribution in [3.8, 4) is 0 Å². The van der Waals surface area contributed by atoms with Gasteiger partial charge in [-0.05, 0) is 30.9 Å². The second kappa shape index (κ2) is 5.87. The Kier molecular flexibility index (Phi) is 4.20. The molecule has 0 unspecified atom stereocenters. The Balaban J connectivity index is 1.71. The maximum atomic E-state index is 11.5. The summed E-state index contributed by atoms with van der Waals surface area (Å²) in [4.78, 5) is 23.0. The standard InChI is InChI=1S/C13H15NO2S/c15-8-11-3-5-12(6-4-11)17-9-13(16)14-7-10-1-2-10/h3-6,8,10H,1-2,7,9H2,(H,14,16).